The van der Waals surface area contributed by atoms with Gasteiger partial charge in [0.15, 0.2) is 6.10 Å². The first-order valence-corrected chi connectivity index (χ1v) is 30.1. The van der Waals surface area contributed by atoms with Crippen LogP contribution in [0.15, 0.2) is 85.1 Å². The molecular weight excluding hydrogens is 861 g/mol. The number of esters is 2. The van der Waals surface area contributed by atoms with Crippen LogP contribution in [0.1, 0.15) is 290 Å². The summed E-state index contributed by atoms with van der Waals surface area (Å²) < 4.78 is 17.5. The fraction of sp³-hybridized carbons (Fsp3) is 0.754. The van der Waals surface area contributed by atoms with Crippen molar-refractivity contribution in [3.63, 3.8) is 0 Å². The zero-order valence-corrected chi connectivity index (χ0v) is 46.5. The lowest BCUT2D eigenvalue weighted by molar-refractivity contribution is -0.163. The largest absolute Gasteiger partial charge is 0.462 e. The molecule has 1 atom stereocenters. The quantitative estimate of drug-likeness (QED) is 0.0345. The van der Waals surface area contributed by atoms with Gasteiger partial charge in [-0.05, 0) is 89.9 Å². The second-order valence-electron chi connectivity index (χ2n) is 19.8. The van der Waals surface area contributed by atoms with Crippen molar-refractivity contribution in [2.45, 2.75) is 297 Å². The van der Waals surface area contributed by atoms with E-state index in [2.05, 4.69) is 106 Å². The van der Waals surface area contributed by atoms with Gasteiger partial charge < -0.3 is 14.2 Å². The highest BCUT2D eigenvalue weighted by Crippen LogP contribution is 2.16. The Labute approximate surface area is 435 Å². The Hall–Kier alpha value is -2.92. The molecule has 0 radical (unpaired) electrons. The highest BCUT2D eigenvalue weighted by Gasteiger charge is 2.17. The van der Waals surface area contributed by atoms with Crippen molar-refractivity contribution < 1.29 is 23.8 Å². The summed E-state index contributed by atoms with van der Waals surface area (Å²) in [5, 5.41) is 0. The first-order chi connectivity index (χ1) is 34.6. The highest BCUT2D eigenvalue weighted by molar-refractivity contribution is 5.70. The molecule has 0 saturated carbocycles. The molecule has 0 N–H and O–H groups in total. The predicted octanol–water partition coefficient (Wildman–Crippen LogP) is 20.8. The Kier molecular flexibility index (Phi) is 57.9. The first-order valence-electron chi connectivity index (χ1n) is 30.1. The molecule has 0 aliphatic carbocycles. The number of hydrogen-bond acceptors (Lipinski definition) is 5. The van der Waals surface area contributed by atoms with Crippen LogP contribution in [0, 0.1) is 0 Å². The molecule has 0 rings (SSSR count). The smallest absolute Gasteiger partial charge is 0.306 e. The van der Waals surface area contributed by atoms with Gasteiger partial charge in [-0.3, -0.25) is 9.59 Å². The van der Waals surface area contributed by atoms with Crippen molar-refractivity contribution in [2.75, 3.05) is 19.8 Å². The van der Waals surface area contributed by atoms with Crippen molar-refractivity contribution in [3.05, 3.63) is 85.1 Å². The molecule has 0 aliphatic heterocycles. The zero-order chi connectivity index (χ0) is 50.6. The number of allylic oxidation sites excluding steroid dienone is 14. The monoisotopic (exact) mass is 975 g/mol. The van der Waals surface area contributed by atoms with Crippen LogP contribution in [-0.4, -0.2) is 37.9 Å². The van der Waals surface area contributed by atoms with Gasteiger partial charge in [0, 0.05) is 19.4 Å². The lowest BCUT2D eigenvalue weighted by Gasteiger charge is -2.18. The van der Waals surface area contributed by atoms with Gasteiger partial charge in [-0.2, -0.15) is 0 Å². The van der Waals surface area contributed by atoms with Gasteiger partial charge in [-0.25, -0.2) is 0 Å². The molecule has 404 valence electrons. The van der Waals surface area contributed by atoms with E-state index >= 15 is 0 Å². The molecule has 5 heteroatoms. The topological polar surface area (TPSA) is 61.8 Å². The van der Waals surface area contributed by atoms with Crippen LogP contribution in [0.3, 0.4) is 0 Å². The average Bonchev–Trinajstić information content (AvgIpc) is 3.36. The fourth-order valence-electron chi connectivity index (χ4n) is 8.52. The maximum absolute atomic E-state index is 12.9. The maximum Gasteiger partial charge on any atom is 0.306 e. The van der Waals surface area contributed by atoms with E-state index in [0.29, 0.717) is 19.4 Å². The molecule has 70 heavy (non-hydrogen) atoms. The Morgan fingerprint density at radius 1 is 0.329 bits per heavy atom. The molecule has 0 spiro atoms. The van der Waals surface area contributed by atoms with E-state index in [9.17, 15) is 9.59 Å². The van der Waals surface area contributed by atoms with E-state index in [-0.39, 0.29) is 25.2 Å². The third-order valence-electron chi connectivity index (χ3n) is 12.9. The van der Waals surface area contributed by atoms with Crippen molar-refractivity contribution >= 4 is 11.9 Å². The van der Waals surface area contributed by atoms with Gasteiger partial charge in [0.2, 0.25) is 0 Å². The number of hydrogen-bond donors (Lipinski definition) is 0. The van der Waals surface area contributed by atoms with E-state index < -0.39 is 6.10 Å². The number of ether oxygens (including phenoxy) is 3. The summed E-state index contributed by atoms with van der Waals surface area (Å²) in [5.41, 5.74) is 0. The fourth-order valence-corrected chi connectivity index (χ4v) is 8.52. The summed E-state index contributed by atoms with van der Waals surface area (Å²) in [5.74, 6) is -0.424. The summed E-state index contributed by atoms with van der Waals surface area (Å²) in [7, 11) is 0. The standard InChI is InChI=1S/C65H114O5/c1-4-7-10-13-16-19-22-25-28-30-32-34-36-39-42-45-48-51-54-57-60-68-61-63(70-65(67)59-56-53-50-47-44-41-37-27-24-21-18-15-12-9-6-3)62-69-64(66)58-55-52-49-46-43-40-38-35-33-31-29-26-23-20-17-14-11-8-5-2/h8-9,11-12,17-18,20-21,26-27,29,33,35,37,63H,4-7,10,13-16,19,22-25,28,30-32,34,36,38-62H2,1-3H3/b11-8-,12-9-,20-17-,21-18-,29-26-,35-33-,37-27-. The van der Waals surface area contributed by atoms with Crippen LogP contribution in [-0.2, 0) is 23.8 Å². The summed E-state index contributed by atoms with van der Waals surface area (Å²) in [6.07, 6.45) is 80.4. The molecule has 0 aromatic rings. The molecule has 0 fully saturated rings. The van der Waals surface area contributed by atoms with E-state index in [1.807, 2.05) is 0 Å². The first kappa shape index (κ1) is 67.1. The van der Waals surface area contributed by atoms with Crippen LogP contribution < -0.4 is 0 Å². The molecule has 0 saturated heterocycles. The lowest BCUT2D eigenvalue weighted by Crippen LogP contribution is -2.30. The summed E-state index contributed by atoms with van der Waals surface area (Å²) in [6.45, 7) is 7.61. The molecule has 0 heterocycles. The Bertz CT molecular complexity index is 1290. The van der Waals surface area contributed by atoms with E-state index in [1.54, 1.807) is 0 Å². The molecule has 0 amide bonds. The number of unbranched alkanes of at least 4 members (excludes halogenated alkanes) is 30. The third kappa shape index (κ3) is 57.7. The summed E-state index contributed by atoms with van der Waals surface area (Å²) in [6, 6.07) is 0. The molecule has 0 bridgehead atoms. The van der Waals surface area contributed by atoms with Gasteiger partial charge >= 0.3 is 11.9 Å². The highest BCUT2D eigenvalue weighted by atomic mass is 16.6. The maximum atomic E-state index is 12.9. The van der Waals surface area contributed by atoms with Gasteiger partial charge in [-0.15, -0.1) is 0 Å². The second kappa shape index (κ2) is 60.4. The normalized spacial score (nSPS) is 12.8. The molecule has 0 aromatic heterocycles. The van der Waals surface area contributed by atoms with E-state index in [0.717, 1.165) is 109 Å². The molecule has 1 unspecified atom stereocenters. The number of carbonyl (C=O) groups excluding carboxylic acids is 2. The summed E-state index contributed by atoms with van der Waals surface area (Å²) in [4.78, 5) is 25.6. The van der Waals surface area contributed by atoms with Gasteiger partial charge in [0.1, 0.15) is 6.61 Å². The van der Waals surface area contributed by atoms with Crippen molar-refractivity contribution in [3.8, 4) is 0 Å². The van der Waals surface area contributed by atoms with Crippen LogP contribution in [0.2, 0.25) is 0 Å². The Balaban J connectivity index is 4.29. The SMILES string of the molecule is CC/C=C\C/C=C\C/C=C\C/C=C\CCCCCCCCC(=O)OCC(COCCCCCCCCCCCCCCCCCCCCCC)OC(=O)CCCCCCC/C=C\C/C=C\C/C=C\CC. The number of rotatable bonds is 55. The zero-order valence-electron chi connectivity index (χ0n) is 46.5. The predicted molar refractivity (Wildman–Crippen MR) is 307 cm³/mol. The number of carbonyl (C=O) groups is 2. The van der Waals surface area contributed by atoms with E-state index in [4.69, 9.17) is 14.2 Å². The van der Waals surface area contributed by atoms with E-state index in [1.165, 1.54) is 148 Å². The van der Waals surface area contributed by atoms with Crippen LogP contribution >= 0.6 is 0 Å². The minimum absolute atomic E-state index is 0.0698. The van der Waals surface area contributed by atoms with Crippen LogP contribution in [0.5, 0.6) is 0 Å². The van der Waals surface area contributed by atoms with Gasteiger partial charge in [0.05, 0.1) is 6.61 Å². The molecule has 0 aromatic carbocycles. The van der Waals surface area contributed by atoms with Gasteiger partial charge in [-0.1, -0.05) is 273 Å². The minimum atomic E-state index is -0.554. The van der Waals surface area contributed by atoms with Crippen molar-refractivity contribution in [2.24, 2.45) is 0 Å². The van der Waals surface area contributed by atoms with Crippen molar-refractivity contribution in [1.82, 2.24) is 0 Å². The van der Waals surface area contributed by atoms with Gasteiger partial charge in [0.25, 0.3) is 0 Å². The Morgan fingerprint density at radius 3 is 1.03 bits per heavy atom. The molecule has 5 nitrogen and oxygen atoms in total. The third-order valence-corrected chi connectivity index (χ3v) is 12.9. The lowest BCUT2D eigenvalue weighted by atomic mass is 10.0. The van der Waals surface area contributed by atoms with Crippen LogP contribution in [0.4, 0.5) is 0 Å². The average molecular weight is 976 g/mol. The Morgan fingerprint density at radius 2 is 0.643 bits per heavy atom. The van der Waals surface area contributed by atoms with Crippen LogP contribution in [0.25, 0.3) is 0 Å². The molecule has 0 aliphatic rings. The van der Waals surface area contributed by atoms with Crippen molar-refractivity contribution in [1.29, 1.82) is 0 Å². The summed E-state index contributed by atoms with van der Waals surface area (Å²) >= 11 is 0. The second-order valence-corrected chi connectivity index (χ2v) is 19.8. The minimum Gasteiger partial charge on any atom is -0.462 e. The molecular formula is C65H114O5.